The number of amides is 2. The number of carbonyl (C=O) groups excluding carboxylic acids is 3. The number of carbonyl (C=O) groups is 3. The number of Topliss-reactive ketones (excluding diaryl/α,β-unsaturated/α-hetero) is 1. The average Bonchev–Trinajstić information content (AvgIpc) is 2.63. The quantitative estimate of drug-likeness (QED) is 0.492. The number of ketones is 1. The van der Waals surface area contributed by atoms with Gasteiger partial charge in [0.1, 0.15) is 0 Å². The maximum atomic E-state index is 11.1. The van der Waals surface area contributed by atoms with Gasteiger partial charge in [0.15, 0.2) is 0 Å². The summed E-state index contributed by atoms with van der Waals surface area (Å²) in [6.45, 7) is 15.0. The zero-order valence-corrected chi connectivity index (χ0v) is 17.5. The molecule has 1 aromatic rings. The van der Waals surface area contributed by atoms with Gasteiger partial charge in [0.2, 0.25) is 11.8 Å². The standard InChI is InChI=1S/C10H10BO.C7H11NO2.2C2H6/c1-7(11)9-5-3-4-6-10(9)8(2)12;1-7(2)4-3-5(9)8-6(7)10;2*1-2/h3-6H,1-2H3;3-4H2,1-2H3,(H,8,9,10);2*1-2H3. The van der Waals surface area contributed by atoms with E-state index < -0.39 is 0 Å². The van der Waals surface area contributed by atoms with Crippen molar-refractivity contribution in [2.24, 2.45) is 5.41 Å². The molecule has 1 N–H and O–H groups in total. The fraction of sp³-hybridized carbons (Fsp3) is 0.524. The Hall–Kier alpha value is -2.04. The third-order valence-corrected chi connectivity index (χ3v) is 3.58. The molecule has 26 heavy (non-hydrogen) atoms. The molecule has 1 aliphatic heterocycles. The molecule has 0 spiro atoms. The van der Waals surface area contributed by atoms with Crippen LogP contribution in [0.15, 0.2) is 24.3 Å². The van der Waals surface area contributed by atoms with Crippen molar-refractivity contribution in [1.29, 1.82) is 0 Å². The minimum absolute atomic E-state index is 0.0513. The van der Waals surface area contributed by atoms with Gasteiger partial charge >= 0.3 is 72.8 Å². The summed E-state index contributed by atoms with van der Waals surface area (Å²) in [7, 11) is 5.62. The fourth-order valence-electron chi connectivity index (χ4n) is 2.03. The monoisotopic (exact) mass is 358 g/mol. The summed E-state index contributed by atoms with van der Waals surface area (Å²) in [5.74, 6) is -0.247. The molecule has 1 radical (unpaired) electrons. The summed E-state index contributed by atoms with van der Waals surface area (Å²) in [6.07, 6.45) is 1.14. The van der Waals surface area contributed by atoms with Crippen LogP contribution in [0, 0.1) is 5.41 Å². The molecule has 0 atom stereocenters. The van der Waals surface area contributed by atoms with Crippen molar-refractivity contribution in [1.82, 2.24) is 5.32 Å². The van der Waals surface area contributed by atoms with Crippen LogP contribution in [0.5, 0.6) is 0 Å². The topological polar surface area (TPSA) is 63.2 Å². The molecule has 0 aromatic heterocycles. The summed E-state index contributed by atoms with van der Waals surface area (Å²) in [6, 6.07) is 7.35. The van der Waals surface area contributed by atoms with E-state index in [0.29, 0.717) is 23.9 Å². The molecule has 0 saturated carbocycles. The Morgan fingerprint density at radius 2 is 1.46 bits per heavy atom. The molecule has 1 aliphatic rings. The van der Waals surface area contributed by atoms with Gasteiger partial charge in [-0.3, -0.25) is 14.9 Å². The first-order chi connectivity index (χ1) is 12.1. The Balaban J connectivity index is 0. The molecule has 0 unspecified atom stereocenters. The summed E-state index contributed by atoms with van der Waals surface area (Å²) < 4.78 is 0. The molecular weight excluding hydrogens is 325 g/mol. The molecule has 0 aliphatic carbocycles. The zero-order valence-electron chi connectivity index (χ0n) is 17.5. The summed E-state index contributed by atoms with van der Waals surface area (Å²) >= 11 is 0. The van der Waals surface area contributed by atoms with Crippen LogP contribution in [0.4, 0.5) is 0 Å². The van der Waals surface area contributed by atoms with Gasteiger partial charge in [-0.05, 0) is 6.42 Å². The first-order valence-electron chi connectivity index (χ1n) is 9.19. The van der Waals surface area contributed by atoms with Crippen LogP contribution in [-0.2, 0) is 9.59 Å². The average molecular weight is 358 g/mol. The Morgan fingerprint density at radius 3 is 1.77 bits per heavy atom. The second-order valence-corrected chi connectivity index (χ2v) is 6.05. The van der Waals surface area contributed by atoms with Crippen LogP contribution in [0.3, 0.4) is 0 Å². The van der Waals surface area contributed by atoms with Gasteiger partial charge in [0.05, 0.1) is 0 Å². The van der Waals surface area contributed by atoms with Crippen LogP contribution in [-0.4, -0.2) is 30.5 Å². The van der Waals surface area contributed by atoms with Crippen LogP contribution < -0.4 is 5.32 Å². The van der Waals surface area contributed by atoms with Crippen LogP contribution >= 0.6 is 0 Å². The number of nitrogens with one attached hydrogen (secondary N) is 1. The molecular formula is C21H33BNO3. The van der Waals surface area contributed by atoms with Crippen molar-refractivity contribution in [3.05, 3.63) is 35.4 Å². The van der Waals surface area contributed by atoms with Gasteiger partial charge in [0.25, 0.3) is 0 Å². The first-order valence-corrected chi connectivity index (χ1v) is 9.19. The number of benzene rings is 1. The summed E-state index contributed by atoms with van der Waals surface area (Å²) in [5.41, 5.74) is 1.86. The fourth-order valence-corrected chi connectivity index (χ4v) is 2.03. The molecule has 4 nitrogen and oxygen atoms in total. The summed E-state index contributed by atoms with van der Waals surface area (Å²) in [5, 5.41) is 2.29. The van der Waals surface area contributed by atoms with Crippen molar-refractivity contribution >= 4 is 30.5 Å². The van der Waals surface area contributed by atoms with Crippen molar-refractivity contribution in [2.45, 2.75) is 68.2 Å². The van der Waals surface area contributed by atoms with Gasteiger partial charge < -0.3 is 0 Å². The molecule has 2 amide bonds. The van der Waals surface area contributed by atoms with Crippen LogP contribution in [0.1, 0.15) is 84.2 Å². The van der Waals surface area contributed by atoms with E-state index in [2.05, 4.69) is 5.32 Å². The molecule has 1 fully saturated rings. The Labute approximate surface area is 159 Å². The third kappa shape index (κ3) is 8.88. The number of hydrogen-bond donors (Lipinski definition) is 1. The Kier molecular flexibility index (Phi) is 13.3. The molecule has 2 rings (SSSR count). The zero-order chi connectivity index (χ0) is 20.9. The van der Waals surface area contributed by atoms with E-state index in [9.17, 15) is 14.4 Å². The third-order valence-electron chi connectivity index (χ3n) is 3.58. The predicted octanol–water partition coefficient (Wildman–Crippen LogP) is 4.10. The van der Waals surface area contributed by atoms with Crippen LogP contribution in [0.25, 0.3) is 0 Å². The first kappa shape index (κ1) is 26.2. The predicted molar refractivity (Wildman–Crippen MR) is 111 cm³/mol. The number of piperidine rings is 1. The molecule has 143 valence electrons. The van der Waals surface area contributed by atoms with Crippen LogP contribution in [0.2, 0.25) is 0 Å². The van der Waals surface area contributed by atoms with Gasteiger partial charge in [0, 0.05) is 11.8 Å². The number of rotatable bonds is 2. The molecule has 0 bridgehead atoms. The molecule has 1 aromatic carbocycles. The summed E-state index contributed by atoms with van der Waals surface area (Å²) in [4.78, 5) is 32.7. The van der Waals surface area contributed by atoms with Crippen molar-refractivity contribution in [2.75, 3.05) is 0 Å². The van der Waals surface area contributed by atoms with Gasteiger partial charge in [-0.25, -0.2) is 0 Å². The maximum absolute atomic E-state index is 11.1. The van der Waals surface area contributed by atoms with Crippen molar-refractivity contribution < 1.29 is 14.4 Å². The van der Waals surface area contributed by atoms with E-state index in [0.717, 1.165) is 5.56 Å². The van der Waals surface area contributed by atoms with E-state index in [1.54, 1.807) is 19.9 Å². The van der Waals surface area contributed by atoms with Crippen molar-refractivity contribution in [3.63, 3.8) is 0 Å². The van der Waals surface area contributed by atoms with E-state index in [4.69, 9.17) is 7.49 Å². The van der Waals surface area contributed by atoms with Gasteiger partial charge in [-0.1, -0.05) is 41.5 Å². The number of hydrogen-bond acceptors (Lipinski definition) is 3. The van der Waals surface area contributed by atoms with Gasteiger partial charge in [-0.15, -0.1) is 0 Å². The number of imide groups is 1. The van der Waals surface area contributed by atoms with E-state index in [-0.39, 0.29) is 23.0 Å². The Morgan fingerprint density at radius 1 is 1.00 bits per heavy atom. The van der Waals surface area contributed by atoms with Gasteiger partial charge in [-0.2, -0.15) is 0 Å². The van der Waals surface area contributed by atoms with Crippen molar-refractivity contribution in [3.8, 4) is 0 Å². The van der Waals surface area contributed by atoms with E-state index in [1.807, 2.05) is 59.7 Å². The second kappa shape index (κ2) is 13.2. The SMILES string of the molecule is CC.CC.CC1(C)CCC(=O)NC1=O.[B]=C(C)c1ccccc1C(C)=O. The molecule has 1 heterocycles. The molecule has 5 heteroatoms. The molecule has 1 saturated heterocycles. The van der Waals surface area contributed by atoms with E-state index >= 15 is 0 Å². The van der Waals surface area contributed by atoms with E-state index in [1.165, 1.54) is 0 Å². The Bertz CT molecular complexity index is 588. The normalized spacial score (nSPS) is 14.1. The minimum atomic E-state index is -0.353. The second-order valence-electron chi connectivity index (χ2n) is 6.05.